The van der Waals surface area contributed by atoms with Crippen molar-refractivity contribution < 1.29 is 27.0 Å². The smallest absolute Gasteiger partial charge is 0.211 e. The number of piperidine rings is 1. The van der Waals surface area contributed by atoms with Gasteiger partial charge in [-0.3, -0.25) is 0 Å². The number of methoxy groups -OCH3 is 1. The van der Waals surface area contributed by atoms with Gasteiger partial charge in [-0.25, -0.2) is 21.8 Å². The second-order valence-corrected chi connectivity index (χ2v) is 9.95. The summed E-state index contributed by atoms with van der Waals surface area (Å²) in [6.07, 6.45) is 4.06. The van der Waals surface area contributed by atoms with E-state index in [0.29, 0.717) is 38.1 Å². The molecule has 3 aromatic rings. The van der Waals surface area contributed by atoms with Crippen molar-refractivity contribution in [3.05, 3.63) is 53.7 Å². The van der Waals surface area contributed by atoms with Crippen LogP contribution in [0.4, 0.5) is 8.78 Å². The van der Waals surface area contributed by atoms with Gasteiger partial charge >= 0.3 is 0 Å². The van der Waals surface area contributed by atoms with Gasteiger partial charge in [-0.1, -0.05) is 6.07 Å². The maximum atomic E-state index is 13.8. The largest absolute Gasteiger partial charge is 0.505 e. The maximum Gasteiger partial charge on any atom is 0.211 e. The van der Waals surface area contributed by atoms with Crippen LogP contribution in [0, 0.1) is 11.6 Å². The lowest BCUT2D eigenvalue weighted by Crippen LogP contribution is -2.46. The predicted molar refractivity (Wildman–Crippen MR) is 112 cm³/mol. The Bertz CT molecular complexity index is 1210. The van der Waals surface area contributed by atoms with Crippen molar-refractivity contribution in [2.75, 3.05) is 33.1 Å². The SMILES string of the molecule is COCC1(c2ccc3c(cnn3-c3cc(O)c(F)c(F)c3)c2)CCN(S(C)(=O)=O)CC1. The number of hydrogen-bond donors (Lipinski definition) is 1. The molecule has 1 N–H and O–H groups in total. The van der Waals surface area contributed by atoms with Crippen LogP contribution < -0.4 is 0 Å². The molecule has 0 unspecified atom stereocenters. The highest BCUT2D eigenvalue weighted by molar-refractivity contribution is 7.88. The summed E-state index contributed by atoms with van der Waals surface area (Å²) in [4.78, 5) is 0. The van der Waals surface area contributed by atoms with Crippen LogP contribution in [0.3, 0.4) is 0 Å². The number of rotatable bonds is 5. The van der Waals surface area contributed by atoms with E-state index in [0.717, 1.165) is 23.1 Å². The molecule has 10 heteroatoms. The summed E-state index contributed by atoms with van der Waals surface area (Å²) >= 11 is 0. The van der Waals surface area contributed by atoms with E-state index in [2.05, 4.69) is 5.10 Å². The van der Waals surface area contributed by atoms with E-state index in [9.17, 15) is 22.3 Å². The molecule has 0 saturated carbocycles. The van der Waals surface area contributed by atoms with E-state index in [-0.39, 0.29) is 11.1 Å². The number of aromatic hydroxyl groups is 1. The van der Waals surface area contributed by atoms with Crippen molar-refractivity contribution in [1.29, 1.82) is 0 Å². The lowest BCUT2D eigenvalue weighted by molar-refractivity contribution is 0.0933. The van der Waals surface area contributed by atoms with Crippen molar-refractivity contribution in [3.63, 3.8) is 0 Å². The van der Waals surface area contributed by atoms with Crippen LogP contribution in [-0.2, 0) is 20.2 Å². The van der Waals surface area contributed by atoms with Gasteiger partial charge in [0.15, 0.2) is 17.4 Å². The van der Waals surface area contributed by atoms with Crippen LogP contribution in [0.25, 0.3) is 16.6 Å². The Labute approximate surface area is 178 Å². The van der Waals surface area contributed by atoms with Crippen LogP contribution >= 0.6 is 0 Å². The number of nitrogens with zero attached hydrogens (tertiary/aromatic N) is 3. The molecule has 1 fully saturated rings. The first-order chi connectivity index (χ1) is 14.6. The molecule has 0 bridgehead atoms. The third-order valence-electron chi connectivity index (χ3n) is 5.99. The number of sulfonamides is 1. The van der Waals surface area contributed by atoms with E-state index in [1.807, 2.05) is 18.2 Å². The first kappa shape index (κ1) is 21.7. The number of phenols is 1. The zero-order valence-electron chi connectivity index (χ0n) is 17.2. The quantitative estimate of drug-likeness (QED) is 0.645. The molecule has 4 rings (SSSR count). The normalized spacial score (nSPS) is 17.3. The fraction of sp³-hybridized carbons (Fsp3) is 0.381. The molecule has 0 amide bonds. The molecule has 2 aromatic carbocycles. The number of halogens is 2. The van der Waals surface area contributed by atoms with Crippen LogP contribution in [0.5, 0.6) is 5.75 Å². The Balaban J connectivity index is 1.71. The van der Waals surface area contributed by atoms with E-state index in [1.165, 1.54) is 15.2 Å². The summed E-state index contributed by atoms with van der Waals surface area (Å²) in [6, 6.07) is 7.81. The molecule has 7 nitrogen and oxygen atoms in total. The number of aromatic nitrogens is 2. The highest BCUT2D eigenvalue weighted by Gasteiger charge is 2.38. The standard InChI is InChI=1S/C21H23F2N3O4S/c1-30-13-21(5-7-25(8-6-21)31(2,28)29)15-3-4-18-14(9-15)12-24-26(18)16-10-17(22)20(23)19(27)11-16/h3-4,9-12,27H,5-8,13H2,1-2H3. The molecule has 0 aliphatic carbocycles. The molecule has 2 heterocycles. The first-order valence-corrected chi connectivity index (χ1v) is 11.6. The van der Waals surface area contributed by atoms with Crippen LogP contribution in [0.2, 0.25) is 0 Å². The minimum Gasteiger partial charge on any atom is -0.505 e. The summed E-state index contributed by atoms with van der Waals surface area (Å²) < 4.78 is 59.4. The van der Waals surface area contributed by atoms with Crippen LogP contribution in [0.1, 0.15) is 18.4 Å². The number of hydrogen-bond acceptors (Lipinski definition) is 5. The topological polar surface area (TPSA) is 84.7 Å². The van der Waals surface area contributed by atoms with Gasteiger partial charge in [-0.15, -0.1) is 0 Å². The highest BCUT2D eigenvalue weighted by atomic mass is 32.2. The van der Waals surface area contributed by atoms with Gasteiger partial charge < -0.3 is 9.84 Å². The van der Waals surface area contributed by atoms with Gasteiger partial charge in [-0.05, 0) is 30.5 Å². The predicted octanol–water partition coefficient (Wildman–Crippen LogP) is 2.95. The molecule has 1 saturated heterocycles. The average Bonchev–Trinajstić information content (AvgIpc) is 3.15. The summed E-state index contributed by atoms with van der Waals surface area (Å²) in [5.74, 6) is -3.25. The number of benzene rings is 2. The zero-order valence-corrected chi connectivity index (χ0v) is 18.0. The Hall–Kier alpha value is -2.56. The Morgan fingerprint density at radius 3 is 2.52 bits per heavy atom. The molecule has 0 radical (unpaired) electrons. The second kappa shape index (κ2) is 7.85. The Morgan fingerprint density at radius 2 is 1.90 bits per heavy atom. The molecular weight excluding hydrogens is 428 g/mol. The van der Waals surface area contributed by atoms with E-state index >= 15 is 0 Å². The Kier molecular flexibility index (Phi) is 5.48. The number of phenolic OH excluding ortho intramolecular Hbond substituents is 1. The monoisotopic (exact) mass is 451 g/mol. The van der Waals surface area contributed by atoms with Gasteiger partial charge in [-0.2, -0.15) is 9.49 Å². The minimum atomic E-state index is -3.24. The van der Waals surface area contributed by atoms with Gasteiger partial charge in [0.2, 0.25) is 10.0 Å². The summed E-state index contributed by atoms with van der Waals surface area (Å²) in [5.41, 5.74) is 1.53. The lowest BCUT2D eigenvalue weighted by Gasteiger charge is -2.41. The van der Waals surface area contributed by atoms with Crippen molar-refractivity contribution in [1.82, 2.24) is 14.1 Å². The van der Waals surface area contributed by atoms with Gasteiger partial charge in [0.05, 0.1) is 30.3 Å². The van der Waals surface area contributed by atoms with Crippen LogP contribution in [0.15, 0.2) is 36.5 Å². The second-order valence-electron chi connectivity index (χ2n) is 7.97. The molecule has 1 aromatic heterocycles. The molecule has 166 valence electrons. The molecule has 1 aliphatic rings. The van der Waals surface area contributed by atoms with Crippen molar-refractivity contribution in [2.45, 2.75) is 18.3 Å². The van der Waals surface area contributed by atoms with Gasteiger partial charge in [0.1, 0.15) is 0 Å². The zero-order chi connectivity index (χ0) is 22.4. The van der Waals surface area contributed by atoms with Crippen LogP contribution in [-0.4, -0.2) is 60.7 Å². The molecule has 0 spiro atoms. The van der Waals surface area contributed by atoms with Crippen molar-refractivity contribution in [3.8, 4) is 11.4 Å². The highest BCUT2D eigenvalue weighted by Crippen LogP contribution is 2.38. The Morgan fingerprint density at radius 1 is 1.19 bits per heavy atom. The summed E-state index contributed by atoms with van der Waals surface area (Å²) in [7, 11) is -1.62. The summed E-state index contributed by atoms with van der Waals surface area (Å²) in [6.45, 7) is 1.27. The minimum absolute atomic E-state index is 0.201. The third kappa shape index (κ3) is 3.90. The van der Waals surface area contributed by atoms with Crippen molar-refractivity contribution >= 4 is 20.9 Å². The van der Waals surface area contributed by atoms with E-state index in [4.69, 9.17) is 4.74 Å². The van der Waals surface area contributed by atoms with Crippen molar-refractivity contribution in [2.24, 2.45) is 0 Å². The van der Waals surface area contributed by atoms with E-state index < -0.39 is 27.4 Å². The number of fused-ring (bicyclic) bond motifs is 1. The fourth-order valence-electron chi connectivity index (χ4n) is 4.29. The summed E-state index contributed by atoms with van der Waals surface area (Å²) in [5, 5.41) is 14.7. The average molecular weight is 451 g/mol. The molecule has 1 aliphatic heterocycles. The number of ether oxygens (including phenoxy) is 1. The van der Waals surface area contributed by atoms with Gasteiger partial charge in [0, 0.05) is 43.1 Å². The molecular formula is C21H23F2N3O4S. The third-order valence-corrected chi connectivity index (χ3v) is 7.29. The maximum absolute atomic E-state index is 13.8. The van der Waals surface area contributed by atoms with Gasteiger partial charge in [0.25, 0.3) is 0 Å². The molecule has 0 atom stereocenters. The first-order valence-electron chi connectivity index (χ1n) is 9.75. The lowest BCUT2D eigenvalue weighted by atomic mass is 9.73. The molecule has 31 heavy (non-hydrogen) atoms. The fourth-order valence-corrected chi connectivity index (χ4v) is 5.14. The van der Waals surface area contributed by atoms with E-state index in [1.54, 1.807) is 13.3 Å².